The minimum Gasteiger partial charge on any atom is -0.320 e. The third kappa shape index (κ3) is 5.27. The fourth-order valence-electron chi connectivity index (χ4n) is 1.23. The van der Waals surface area contributed by atoms with Crippen LogP contribution in [0.3, 0.4) is 0 Å². The lowest BCUT2D eigenvalue weighted by molar-refractivity contribution is 0.572. The minimum atomic E-state index is 0.279. The summed E-state index contributed by atoms with van der Waals surface area (Å²) in [5, 5.41) is 13.7. The van der Waals surface area contributed by atoms with Crippen LogP contribution in [0.4, 0.5) is 0 Å². The molecule has 72 valence electrons. The SMILES string of the molecule is CNCCCCC(NC)C(C)=N. The van der Waals surface area contributed by atoms with Crippen molar-refractivity contribution in [1.82, 2.24) is 10.6 Å². The van der Waals surface area contributed by atoms with Crippen molar-refractivity contribution in [2.45, 2.75) is 32.2 Å². The lowest BCUT2D eigenvalue weighted by Crippen LogP contribution is -2.31. The van der Waals surface area contributed by atoms with Gasteiger partial charge in [-0.05, 0) is 40.4 Å². The highest BCUT2D eigenvalue weighted by Crippen LogP contribution is 2.00. The van der Waals surface area contributed by atoms with Crippen molar-refractivity contribution in [2.75, 3.05) is 20.6 Å². The Labute approximate surface area is 75.4 Å². The Bertz CT molecular complexity index is 123. The second-order valence-electron chi connectivity index (χ2n) is 3.12. The van der Waals surface area contributed by atoms with Crippen LogP contribution in [0.2, 0.25) is 0 Å². The summed E-state index contributed by atoms with van der Waals surface area (Å²) in [5.74, 6) is 0. The van der Waals surface area contributed by atoms with Crippen molar-refractivity contribution in [2.24, 2.45) is 0 Å². The molecule has 0 amide bonds. The average molecular weight is 171 g/mol. The van der Waals surface area contributed by atoms with Gasteiger partial charge < -0.3 is 16.0 Å². The molecular weight excluding hydrogens is 150 g/mol. The molecule has 0 aromatic heterocycles. The van der Waals surface area contributed by atoms with Crippen molar-refractivity contribution >= 4 is 5.71 Å². The largest absolute Gasteiger partial charge is 0.320 e. The van der Waals surface area contributed by atoms with Crippen LogP contribution in [0.5, 0.6) is 0 Å². The Morgan fingerprint density at radius 1 is 1.33 bits per heavy atom. The van der Waals surface area contributed by atoms with E-state index in [1.54, 1.807) is 0 Å². The highest BCUT2D eigenvalue weighted by molar-refractivity contribution is 5.84. The van der Waals surface area contributed by atoms with Crippen LogP contribution in [0.15, 0.2) is 0 Å². The first-order valence-electron chi connectivity index (χ1n) is 4.59. The van der Waals surface area contributed by atoms with Gasteiger partial charge in [-0.15, -0.1) is 0 Å². The summed E-state index contributed by atoms with van der Waals surface area (Å²) in [6.07, 6.45) is 3.46. The Kier molecular flexibility index (Phi) is 7.00. The van der Waals surface area contributed by atoms with E-state index in [-0.39, 0.29) is 6.04 Å². The minimum absolute atomic E-state index is 0.279. The van der Waals surface area contributed by atoms with Crippen molar-refractivity contribution in [3.63, 3.8) is 0 Å². The summed E-state index contributed by atoms with van der Waals surface area (Å²) in [4.78, 5) is 0. The predicted molar refractivity (Wildman–Crippen MR) is 54.0 cm³/mol. The normalized spacial score (nSPS) is 12.9. The highest BCUT2D eigenvalue weighted by Gasteiger charge is 2.06. The molecule has 12 heavy (non-hydrogen) atoms. The maximum absolute atomic E-state index is 7.45. The van der Waals surface area contributed by atoms with Gasteiger partial charge in [-0.25, -0.2) is 0 Å². The molecule has 0 spiro atoms. The van der Waals surface area contributed by atoms with Gasteiger partial charge in [-0.1, -0.05) is 6.42 Å². The zero-order valence-corrected chi connectivity index (χ0v) is 8.41. The maximum Gasteiger partial charge on any atom is 0.0442 e. The fourth-order valence-corrected chi connectivity index (χ4v) is 1.23. The monoisotopic (exact) mass is 171 g/mol. The first-order valence-corrected chi connectivity index (χ1v) is 4.59. The van der Waals surface area contributed by atoms with Crippen LogP contribution in [-0.2, 0) is 0 Å². The second-order valence-corrected chi connectivity index (χ2v) is 3.12. The van der Waals surface area contributed by atoms with E-state index in [2.05, 4.69) is 10.6 Å². The molecule has 3 N–H and O–H groups in total. The first kappa shape index (κ1) is 11.6. The Morgan fingerprint density at radius 3 is 2.42 bits per heavy atom. The molecule has 0 heterocycles. The van der Waals surface area contributed by atoms with Crippen LogP contribution >= 0.6 is 0 Å². The number of hydrogen-bond donors (Lipinski definition) is 3. The van der Waals surface area contributed by atoms with Crippen LogP contribution < -0.4 is 10.6 Å². The summed E-state index contributed by atoms with van der Waals surface area (Å²) < 4.78 is 0. The standard InChI is InChI=1S/C9H21N3/c1-8(10)9(12-3)6-4-5-7-11-2/h9-12H,4-7H2,1-3H3. The van der Waals surface area contributed by atoms with E-state index < -0.39 is 0 Å². The van der Waals surface area contributed by atoms with Gasteiger partial charge in [0.05, 0.1) is 0 Å². The Hall–Kier alpha value is -0.410. The first-order chi connectivity index (χ1) is 5.72. The fraction of sp³-hybridized carbons (Fsp3) is 0.889. The van der Waals surface area contributed by atoms with E-state index in [9.17, 15) is 0 Å². The molecule has 0 aliphatic heterocycles. The van der Waals surface area contributed by atoms with Gasteiger partial charge in [0, 0.05) is 11.8 Å². The molecule has 0 radical (unpaired) electrons. The topological polar surface area (TPSA) is 47.9 Å². The highest BCUT2D eigenvalue weighted by atomic mass is 14.9. The zero-order chi connectivity index (χ0) is 9.40. The van der Waals surface area contributed by atoms with Crippen LogP contribution in [0, 0.1) is 5.41 Å². The molecule has 0 aromatic carbocycles. The van der Waals surface area contributed by atoms with E-state index in [0.29, 0.717) is 0 Å². The second kappa shape index (κ2) is 7.25. The van der Waals surface area contributed by atoms with E-state index in [0.717, 1.165) is 18.7 Å². The maximum atomic E-state index is 7.45. The van der Waals surface area contributed by atoms with Crippen LogP contribution in [0.25, 0.3) is 0 Å². The molecule has 0 saturated heterocycles. The van der Waals surface area contributed by atoms with E-state index in [1.807, 2.05) is 21.0 Å². The molecule has 0 saturated carbocycles. The van der Waals surface area contributed by atoms with E-state index in [4.69, 9.17) is 5.41 Å². The van der Waals surface area contributed by atoms with Gasteiger partial charge in [0.15, 0.2) is 0 Å². The number of unbranched alkanes of at least 4 members (excludes halogenated alkanes) is 1. The van der Waals surface area contributed by atoms with Gasteiger partial charge in [0.1, 0.15) is 0 Å². The van der Waals surface area contributed by atoms with Crippen LogP contribution in [-0.4, -0.2) is 32.4 Å². The number of rotatable bonds is 7. The zero-order valence-electron chi connectivity index (χ0n) is 8.41. The van der Waals surface area contributed by atoms with Gasteiger partial charge in [-0.2, -0.15) is 0 Å². The van der Waals surface area contributed by atoms with Crippen molar-refractivity contribution < 1.29 is 0 Å². The third-order valence-electron chi connectivity index (χ3n) is 2.04. The quantitative estimate of drug-likeness (QED) is 0.395. The Balaban J connectivity index is 3.38. The molecule has 0 aliphatic rings. The lowest BCUT2D eigenvalue weighted by Gasteiger charge is -2.13. The molecule has 1 atom stereocenters. The predicted octanol–water partition coefficient (Wildman–Crippen LogP) is 1.00. The summed E-state index contributed by atoms with van der Waals surface area (Å²) in [6, 6.07) is 0.279. The summed E-state index contributed by atoms with van der Waals surface area (Å²) >= 11 is 0. The summed E-state index contributed by atoms with van der Waals surface area (Å²) in [6.45, 7) is 2.94. The van der Waals surface area contributed by atoms with Gasteiger partial charge in [0.25, 0.3) is 0 Å². The average Bonchev–Trinajstić information content (AvgIpc) is 2.04. The summed E-state index contributed by atoms with van der Waals surface area (Å²) in [5.41, 5.74) is 0.738. The molecular formula is C9H21N3. The van der Waals surface area contributed by atoms with E-state index in [1.165, 1.54) is 12.8 Å². The number of hydrogen-bond acceptors (Lipinski definition) is 3. The molecule has 3 nitrogen and oxygen atoms in total. The molecule has 1 unspecified atom stereocenters. The number of nitrogens with one attached hydrogen (secondary N) is 3. The van der Waals surface area contributed by atoms with E-state index >= 15 is 0 Å². The van der Waals surface area contributed by atoms with Gasteiger partial charge >= 0.3 is 0 Å². The third-order valence-corrected chi connectivity index (χ3v) is 2.04. The van der Waals surface area contributed by atoms with Crippen molar-refractivity contribution in [1.29, 1.82) is 5.41 Å². The Morgan fingerprint density at radius 2 is 2.00 bits per heavy atom. The molecule has 0 bridgehead atoms. The van der Waals surface area contributed by atoms with Crippen molar-refractivity contribution in [3.05, 3.63) is 0 Å². The molecule has 0 aromatic rings. The molecule has 0 rings (SSSR count). The molecule has 3 heteroatoms. The molecule has 0 fully saturated rings. The smallest absolute Gasteiger partial charge is 0.0442 e. The molecule has 0 aliphatic carbocycles. The summed E-state index contributed by atoms with van der Waals surface area (Å²) in [7, 11) is 3.89. The lowest BCUT2D eigenvalue weighted by atomic mass is 10.1. The van der Waals surface area contributed by atoms with Gasteiger partial charge in [0.2, 0.25) is 0 Å². The van der Waals surface area contributed by atoms with Gasteiger partial charge in [-0.3, -0.25) is 0 Å². The van der Waals surface area contributed by atoms with Crippen molar-refractivity contribution in [3.8, 4) is 0 Å². The van der Waals surface area contributed by atoms with Crippen LogP contribution in [0.1, 0.15) is 26.2 Å².